The summed E-state index contributed by atoms with van der Waals surface area (Å²) in [5.74, 6) is -0.874. The third-order valence-electron chi connectivity index (χ3n) is 5.09. The lowest BCUT2D eigenvalue weighted by molar-refractivity contribution is -0.119. The lowest BCUT2D eigenvalue weighted by Gasteiger charge is -2.12. The SMILES string of the molecule is CCc1cccc(C)c1NC(=O)COC(=O)c1cc2c(C)nn(-c3ccccc3)c2s1. The van der Waals surface area contributed by atoms with Crippen LogP contribution in [0.2, 0.25) is 0 Å². The number of rotatable bonds is 6. The van der Waals surface area contributed by atoms with Crippen LogP contribution < -0.4 is 5.32 Å². The molecule has 0 radical (unpaired) electrons. The van der Waals surface area contributed by atoms with Crippen molar-refractivity contribution in [1.29, 1.82) is 0 Å². The van der Waals surface area contributed by atoms with Crippen molar-refractivity contribution in [2.24, 2.45) is 0 Å². The number of amides is 1. The standard InChI is InChI=1S/C24H23N3O3S/c1-4-17-10-8-9-15(2)22(17)25-21(28)14-30-24(29)20-13-19-16(3)26-27(23(19)31-20)18-11-6-5-7-12-18/h5-13H,4,14H2,1-3H3,(H,25,28). The number of benzene rings is 2. The summed E-state index contributed by atoms with van der Waals surface area (Å²) in [7, 11) is 0. The summed E-state index contributed by atoms with van der Waals surface area (Å²) in [6.45, 7) is 5.54. The van der Waals surface area contributed by atoms with Crippen LogP contribution in [0, 0.1) is 13.8 Å². The van der Waals surface area contributed by atoms with Gasteiger partial charge in [0.05, 0.1) is 11.4 Å². The van der Waals surface area contributed by atoms with E-state index >= 15 is 0 Å². The highest BCUT2D eigenvalue weighted by Crippen LogP contribution is 2.30. The molecule has 158 valence electrons. The molecule has 0 spiro atoms. The van der Waals surface area contributed by atoms with Crippen molar-refractivity contribution < 1.29 is 14.3 Å². The van der Waals surface area contributed by atoms with Crippen molar-refractivity contribution in [2.45, 2.75) is 27.2 Å². The van der Waals surface area contributed by atoms with Gasteiger partial charge in [-0.3, -0.25) is 4.79 Å². The quantitative estimate of drug-likeness (QED) is 0.431. The number of fused-ring (bicyclic) bond motifs is 1. The number of hydrogen-bond donors (Lipinski definition) is 1. The molecule has 0 atom stereocenters. The lowest BCUT2D eigenvalue weighted by atomic mass is 10.1. The molecule has 4 rings (SSSR count). The number of nitrogens with zero attached hydrogens (tertiary/aromatic N) is 2. The molecule has 0 bridgehead atoms. The number of thiophene rings is 1. The lowest BCUT2D eigenvalue weighted by Crippen LogP contribution is -2.21. The molecule has 0 fully saturated rings. The minimum absolute atomic E-state index is 0.339. The summed E-state index contributed by atoms with van der Waals surface area (Å²) in [6, 6.07) is 17.4. The fourth-order valence-corrected chi connectivity index (χ4v) is 4.55. The first-order valence-electron chi connectivity index (χ1n) is 10.1. The molecule has 2 aromatic carbocycles. The van der Waals surface area contributed by atoms with Crippen LogP contribution in [0.4, 0.5) is 5.69 Å². The maximum absolute atomic E-state index is 12.6. The molecule has 6 nitrogen and oxygen atoms in total. The Hall–Kier alpha value is -3.45. The van der Waals surface area contributed by atoms with Crippen LogP contribution in [0.3, 0.4) is 0 Å². The van der Waals surface area contributed by atoms with Gasteiger partial charge in [0.15, 0.2) is 6.61 Å². The summed E-state index contributed by atoms with van der Waals surface area (Å²) in [5.41, 5.74) is 4.56. The molecule has 0 aliphatic heterocycles. The maximum Gasteiger partial charge on any atom is 0.348 e. The average molecular weight is 434 g/mol. The molecule has 2 aromatic heterocycles. The second kappa shape index (κ2) is 8.73. The summed E-state index contributed by atoms with van der Waals surface area (Å²) in [5, 5.41) is 8.35. The summed E-state index contributed by atoms with van der Waals surface area (Å²) >= 11 is 1.31. The first-order valence-corrected chi connectivity index (χ1v) is 10.9. The summed E-state index contributed by atoms with van der Waals surface area (Å²) in [4.78, 5) is 26.3. The van der Waals surface area contributed by atoms with Crippen molar-refractivity contribution in [1.82, 2.24) is 9.78 Å². The molecule has 0 aliphatic carbocycles. The van der Waals surface area contributed by atoms with Crippen LogP contribution in [-0.2, 0) is 16.0 Å². The molecule has 31 heavy (non-hydrogen) atoms. The van der Waals surface area contributed by atoms with E-state index in [-0.39, 0.29) is 12.5 Å². The monoisotopic (exact) mass is 433 g/mol. The predicted molar refractivity (Wildman–Crippen MR) is 123 cm³/mol. The zero-order valence-electron chi connectivity index (χ0n) is 17.6. The van der Waals surface area contributed by atoms with Crippen LogP contribution in [0.5, 0.6) is 0 Å². The van der Waals surface area contributed by atoms with E-state index in [0.29, 0.717) is 4.88 Å². The van der Waals surface area contributed by atoms with E-state index in [0.717, 1.165) is 44.8 Å². The van der Waals surface area contributed by atoms with Gasteiger partial charge in [0, 0.05) is 11.1 Å². The van der Waals surface area contributed by atoms with Crippen LogP contribution >= 0.6 is 11.3 Å². The number of aryl methyl sites for hydroxylation is 3. The van der Waals surface area contributed by atoms with E-state index in [1.54, 1.807) is 6.07 Å². The Morgan fingerprint density at radius 3 is 2.61 bits per heavy atom. The second-order valence-corrected chi connectivity index (χ2v) is 8.28. The van der Waals surface area contributed by atoms with Gasteiger partial charge < -0.3 is 10.1 Å². The summed E-state index contributed by atoms with van der Waals surface area (Å²) in [6.07, 6.45) is 0.802. The largest absolute Gasteiger partial charge is 0.451 e. The second-order valence-electron chi connectivity index (χ2n) is 7.25. The van der Waals surface area contributed by atoms with E-state index in [9.17, 15) is 9.59 Å². The maximum atomic E-state index is 12.6. The number of aromatic nitrogens is 2. The molecule has 0 saturated carbocycles. The van der Waals surface area contributed by atoms with Gasteiger partial charge in [-0.1, -0.05) is 43.3 Å². The predicted octanol–water partition coefficient (Wildman–Crippen LogP) is 5.06. The van der Waals surface area contributed by atoms with Gasteiger partial charge in [0.2, 0.25) is 0 Å². The van der Waals surface area contributed by atoms with Crippen molar-refractivity contribution in [3.63, 3.8) is 0 Å². The Kier molecular flexibility index (Phi) is 5.86. The molecule has 1 N–H and O–H groups in total. The van der Waals surface area contributed by atoms with E-state index in [4.69, 9.17) is 4.74 Å². The minimum Gasteiger partial charge on any atom is -0.451 e. The smallest absolute Gasteiger partial charge is 0.348 e. The first-order chi connectivity index (χ1) is 15.0. The topological polar surface area (TPSA) is 73.2 Å². The van der Waals surface area contributed by atoms with E-state index < -0.39 is 5.97 Å². The van der Waals surface area contributed by atoms with Gasteiger partial charge in [-0.25, -0.2) is 9.48 Å². The van der Waals surface area contributed by atoms with E-state index in [2.05, 4.69) is 10.4 Å². The number of carbonyl (C=O) groups is 2. The first kappa shape index (κ1) is 20.8. The third-order valence-corrected chi connectivity index (χ3v) is 6.18. The number of nitrogens with one attached hydrogen (secondary N) is 1. The minimum atomic E-state index is -0.518. The third kappa shape index (κ3) is 4.22. The highest BCUT2D eigenvalue weighted by atomic mass is 32.1. The number of esters is 1. The molecular weight excluding hydrogens is 410 g/mol. The average Bonchev–Trinajstić information content (AvgIpc) is 3.35. The summed E-state index contributed by atoms with van der Waals surface area (Å²) < 4.78 is 7.11. The number of anilines is 1. The molecule has 2 heterocycles. The fraction of sp³-hybridized carbons (Fsp3) is 0.208. The van der Waals surface area contributed by atoms with Crippen molar-refractivity contribution >= 4 is 39.1 Å². The Labute approximate surface area is 184 Å². The van der Waals surface area contributed by atoms with Gasteiger partial charge in [0.1, 0.15) is 9.71 Å². The van der Waals surface area contributed by atoms with Crippen molar-refractivity contribution in [2.75, 3.05) is 11.9 Å². The van der Waals surface area contributed by atoms with E-state index in [1.807, 2.05) is 74.0 Å². The molecular formula is C24H23N3O3S. The van der Waals surface area contributed by atoms with Crippen LogP contribution in [-0.4, -0.2) is 28.3 Å². The zero-order valence-corrected chi connectivity index (χ0v) is 18.5. The van der Waals surface area contributed by atoms with Crippen molar-refractivity contribution in [3.05, 3.63) is 76.3 Å². The van der Waals surface area contributed by atoms with Gasteiger partial charge in [-0.15, -0.1) is 11.3 Å². The highest BCUT2D eigenvalue weighted by Gasteiger charge is 2.19. The molecule has 0 aliphatic rings. The Morgan fingerprint density at radius 2 is 1.87 bits per heavy atom. The highest BCUT2D eigenvalue weighted by molar-refractivity contribution is 7.20. The molecule has 0 saturated heterocycles. The van der Waals surface area contributed by atoms with Gasteiger partial charge in [-0.2, -0.15) is 5.10 Å². The number of carbonyl (C=O) groups excluding carboxylic acids is 2. The number of ether oxygens (including phenoxy) is 1. The van der Waals surface area contributed by atoms with Crippen LogP contribution in [0.1, 0.15) is 33.4 Å². The molecule has 0 unspecified atom stereocenters. The Balaban J connectivity index is 1.48. The molecule has 1 amide bonds. The normalized spacial score (nSPS) is 10.9. The fourth-order valence-electron chi connectivity index (χ4n) is 3.47. The van der Waals surface area contributed by atoms with Crippen LogP contribution in [0.25, 0.3) is 15.9 Å². The van der Waals surface area contributed by atoms with Crippen LogP contribution in [0.15, 0.2) is 54.6 Å². The number of hydrogen-bond acceptors (Lipinski definition) is 5. The Morgan fingerprint density at radius 1 is 1.10 bits per heavy atom. The Bertz CT molecular complexity index is 1260. The van der Waals surface area contributed by atoms with Gasteiger partial charge in [-0.05, 0) is 49.6 Å². The molecule has 4 aromatic rings. The van der Waals surface area contributed by atoms with E-state index in [1.165, 1.54) is 11.3 Å². The zero-order chi connectivity index (χ0) is 22.0. The van der Waals surface area contributed by atoms with Crippen molar-refractivity contribution in [3.8, 4) is 5.69 Å². The molecule has 7 heteroatoms. The van der Waals surface area contributed by atoms with Gasteiger partial charge >= 0.3 is 5.97 Å². The van der Waals surface area contributed by atoms with Gasteiger partial charge in [0.25, 0.3) is 5.91 Å². The number of para-hydroxylation sites is 2.